The van der Waals surface area contributed by atoms with Crippen LogP contribution in [0, 0.1) is 17.0 Å². The Morgan fingerprint density at radius 2 is 2.18 bits per heavy atom. The Labute approximate surface area is 97.6 Å². The monoisotopic (exact) mass is 241 g/mol. The normalized spacial score (nSPS) is 28.4. The van der Waals surface area contributed by atoms with E-state index in [1.165, 1.54) is 6.07 Å². The zero-order valence-electron chi connectivity index (χ0n) is 9.37. The van der Waals surface area contributed by atoms with E-state index in [2.05, 4.69) is 0 Å². The van der Waals surface area contributed by atoms with E-state index in [0.717, 1.165) is 12.1 Å². The maximum Gasteiger partial charge on any atom is 0.172 e. The highest BCUT2D eigenvalue weighted by Gasteiger charge is 2.44. The third-order valence-electron chi connectivity index (χ3n) is 3.22. The lowest BCUT2D eigenvalue weighted by Gasteiger charge is -2.25. The Balaban J connectivity index is 2.34. The summed E-state index contributed by atoms with van der Waals surface area (Å²) in [5.74, 6) is -2.33. The van der Waals surface area contributed by atoms with Crippen molar-refractivity contribution in [1.82, 2.24) is 0 Å². The van der Waals surface area contributed by atoms with Crippen LogP contribution in [0.1, 0.15) is 17.3 Å². The van der Waals surface area contributed by atoms with Crippen LogP contribution in [0.3, 0.4) is 0 Å². The molecule has 5 heteroatoms. The molecule has 2 atom stereocenters. The van der Waals surface area contributed by atoms with E-state index >= 15 is 0 Å². The lowest BCUT2D eigenvalue weighted by atomic mass is 9.78. The van der Waals surface area contributed by atoms with Crippen molar-refractivity contribution >= 4 is 5.78 Å². The van der Waals surface area contributed by atoms with Crippen molar-refractivity contribution in [2.24, 2.45) is 11.1 Å². The first kappa shape index (κ1) is 12.1. The molecule has 1 aliphatic rings. The fourth-order valence-electron chi connectivity index (χ4n) is 1.89. The number of rotatable bonds is 2. The quantitative estimate of drug-likeness (QED) is 0.798. The fraction of sp³-hybridized carbons (Fsp3) is 0.417. The summed E-state index contributed by atoms with van der Waals surface area (Å²) in [6, 6.07) is 2.67. The van der Waals surface area contributed by atoms with Gasteiger partial charge in [0.2, 0.25) is 0 Å². The van der Waals surface area contributed by atoms with Gasteiger partial charge >= 0.3 is 0 Å². The first-order chi connectivity index (χ1) is 7.95. The van der Waals surface area contributed by atoms with Crippen LogP contribution in [0.2, 0.25) is 0 Å². The zero-order valence-corrected chi connectivity index (χ0v) is 9.37. The first-order valence-electron chi connectivity index (χ1n) is 5.28. The van der Waals surface area contributed by atoms with Crippen molar-refractivity contribution in [3.8, 4) is 0 Å². The molecule has 2 N–H and O–H groups in total. The summed E-state index contributed by atoms with van der Waals surface area (Å²) in [5, 5.41) is 0. The standard InChI is InChI=1S/C12H13F2NO2/c1-12(6-17-5-10(12)15)11(16)7-2-3-8(13)9(14)4-7/h2-4,10H,5-6,15H2,1H3. The minimum absolute atomic E-state index is 0.118. The Bertz CT molecular complexity index is 464. The average Bonchev–Trinajstić information content (AvgIpc) is 2.63. The van der Waals surface area contributed by atoms with E-state index in [0.29, 0.717) is 6.61 Å². The van der Waals surface area contributed by atoms with Crippen LogP contribution in [0.4, 0.5) is 8.78 Å². The molecule has 0 aromatic heterocycles. The number of carbonyl (C=O) groups excluding carboxylic acids is 1. The maximum atomic E-state index is 13.1. The molecule has 0 radical (unpaired) electrons. The molecule has 3 nitrogen and oxygen atoms in total. The van der Waals surface area contributed by atoms with Gasteiger partial charge in [0.15, 0.2) is 17.4 Å². The number of halogens is 2. The van der Waals surface area contributed by atoms with E-state index in [4.69, 9.17) is 10.5 Å². The molecule has 0 saturated carbocycles. The van der Waals surface area contributed by atoms with Crippen LogP contribution in [0.25, 0.3) is 0 Å². The van der Waals surface area contributed by atoms with Crippen molar-refractivity contribution in [3.05, 3.63) is 35.4 Å². The third kappa shape index (κ3) is 1.96. The highest BCUT2D eigenvalue weighted by atomic mass is 19.2. The van der Waals surface area contributed by atoms with Crippen LogP contribution < -0.4 is 5.73 Å². The molecule has 2 rings (SSSR count). The molecule has 0 amide bonds. The van der Waals surface area contributed by atoms with Crippen molar-refractivity contribution in [2.75, 3.05) is 13.2 Å². The van der Waals surface area contributed by atoms with E-state index in [9.17, 15) is 13.6 Å². The SMILES string of the molecule is CC1(C(=O)c2ccc(F)c(F)c2)COCC1N. The van der Waals surface area contributed by atoms with Crippen molar-refractivity contribution < 1.29 is 18.3 Å². The summed E-state index contributed by atoms with van der Waals surface area (Å²) >= 11 is 0. The Morgan fingerprint density at radius 3 is 2.71 bits per heavy atom. The van der Waals surface area contributed by atoms with Gasteiger partial charge in [-0.3, -0.25) is 4.79 Å². The van der Waals surface area contributed by atoms with E-state index in [1.807, 2.05) is 0 Å². The molecule has 2 unspecified atom stereocenters. The molecule has 92 valence electrons. The van der Waals surface area contributed by atoms with Gasteiger partial charge in [0.25, 0.3) is 0 Å². The van der Waals surface area contributed by atoms with Crippen molar-refractivity contribution in [2.45, 2.75) is 13.0 Å². The van der Waals surface area contributed by atoms with Gasteiger partial charge in [-0.25, -0.2) is 8.78 Å². The molecule has 1 aliphatic heterocycles. The molecular formula is C12H13F2NO2. The fourth-order valence-corrected chi connectivity index (χ4v) is 1.89. The minimum atomic E-state index is -1.04. The minimum Gasteiger partial charge on any atom is -0.379 e. The largest absolute Gasteiger partial charge is 0.379 e. The predicted molar refractivity (Wildman–Crippen MR) is 57.6 cm³/mol. The Kier molecular flexibility index (Phi) is 2.97. The molecule has 1 saturated heterocycles. The molecule has 17 heavy (non-hydrogen) atoms. The Hall–Kier alpha value is -1.33. The summed E-state index contributed by atoms with van der Waals surface area (Å²) in [7, 11) is 0. The number of Topliss-reactive ketones (excluding diaryl/α,β-unsaturated/α-hetero) is 1. The van der Waals surface area contributed by atoms with Crippen molar-refractivity contribution in [3.63, 3.8) is 0 Å². The van der Waals surface area contributed by atoms with Crippen LogP contribution in [0.5, 0.6) is 0 Å². The van der Waals surface area contributed by atoms with Gasteiger partial charge in [-0.1, -0.05) is 0 Å². The molecular weight excluding hydrogens is 228 g/mol. The summed E-state index contributed by atoms with van der Waals surface area (Å²) in [6.45, 7) is 2.17. The van der Waals surface area contributed by atoms with E-state index in [-0.39, 0.29) is 18.0 Å². The molecule has 1 aromatic carbocycles. The number of hydrogen-bond acceptors (Lipinski definition) is 3. The second-order valence-electron chi connectivity index (χ2n) is 4.50. The molecule has 0 aliphatic carbocycles. The summed E-state index contributed by atoms with van der Waals surface area (Å²) < 4.78 is 31.0. The van der Waals surface area contributed by atoms with Crippen LogP contribution in [-0.4, -0.2) is 25.0 Å². The number of ether oxygens (including phenoxy) is 1. The van der Waals surface area contributed by atoms with Gasteiger partial charge in [0.05, 0.1) is 18.6 Å². The van der Waals surface area contributed by atoms with Crippen LogP contribution >= 0.6 is 0 Å². The van der Waals surface area contributed by atoms with Gasteiger partial charge in [0.1, 0.15) is 0 Å². The summed E-state index contributed by atoms with van der Waals surface area (Å²) in [6.07, 6.45) is 0. The van der Waals surface area contributed by atoms with E-state index < -0.39 is 23.1 Å². The van der Waals surface area contributed by atoms with Gasteiger partial charge in [-0.2, -0.15) is 0 Å². The summed E-state index contributed by atoms with van der Waals surface area (Å²) in [5.41, 5.74) is 5.05. The molecule has 1 fully saturated rings. The predicted octanol–water partition coefficient (Wildman–Crippen LogP) is 1.51. The van der Waals surface area contributed by atoms with Crippen LogP contribution in [0.15, 0.2) is 18.2 Å². The highest BCUT2D eigenvalue weighted by Crippen LogP contribution is 2.31. The lowest BCUT2D eigenvalue weighted by molar-refractivity contribution is 0.0767. The third-order valence-corrected chi connectivity index (χ3v) is 3.22. The second kappa shape index (κ2) is 4.16. The molecule has 0 bridgehead atoms. The molecule has 1 aromatic rings. The maximum absolute atomic E-state index is 13.1. The number of carbonyl (C=O) groups is 1. The van der Waals surface area contributed by atoms with E-state index in [1.54, 1.807) is 6.92 Å². The van der Waals surface area contributed by atoms with Gasteiger partial charge in [-0.15, -0.1) is 0 Å². The first-order valence-corrected chi connectivity index (χ1v) is 5.28. The smallest absolute Gasteiger partial charge is 0.172 e. The number of hydrogen-bond donors (Lipinski definition) is 1. The Morgan fingerprint density at radius 1 is 1.47 bits per heavy atom. The van der Waals surface area contributed by atoms with Crippen molar-refractivity contribution in [1.29, 1.82) is 0 Å². The summed E-state index contributed by atoms with van der Waals surface area (Å²) in [4.78, 5) is 12.2. The topological polar surface area (TPSA) is 52.3 Å². The number of nitrogens with two attached hydrogens (primary N) is 1. The zero-order chi connectivity index (χ0) is 12.6. The number of benzene rings is 1. The highest BCUT2D eigenvalue weighted by molar-refractivity contribution is 6.01. The van der Waals surface area contributed by atoms with Gasteiger partial charge in [0, 0.05) is 11.6 Å². The second-order valence-corrected chi connectivity index (χ2v) is 4.50. The van der Waals surface area contributed by atoms with Gasteiger partial charge < -0.3 is 10.5 Å². The average molecular weight is 241 g/mol. The number of ketones is 1. The molecule has 0 spiro atoms. The van der Waals surface area contributed by atoms with Gasteiger partial charge in [-0.05, 0) is 25.1 Å². The lowest BCUT2D eigenvalue weighted by Crippen LogP contribution is -2.44. The van der Waals surface area contributed by atoms with Crippen LogP contribution in [-0.2, 0) is 4.74 Å². The molecule has 1 heterocycles.